The first-order valence-corrected chi connectivity index (χ1v) is 11.3. The fourth-order valence-electron chi connectivity index (χ4n) is 3.11. The number of hydrogen-bond acceptors (Lipinski definition) is 4. The number of carbonyl (C=O) groups excluding carboxylic acids is 1. The molecule has 6 nitrogen and oxygen atoms in total. The number of hydrogen-bond donors (Lipinski definition) is 0. The highest BCUT2D eigenvalue weighted by molar-refractivity contribution is 7.88. The fraction of sp³-hybridized carbons (Fsp3) is 0.350. The number of ether oxygens (including phenoxy) is 1. The summed E-state index contributed by atoms with van der Waals surface area (Å²) in [5.41, 5.74) is 1.43. The van der Waals surface area contributed by atoms with E-state index in [1.807, 2.05) is 18.2 Å². The standard InChI is InChI=1S/C20H23ClN2O4S/c1-28(25,26)23-12-4-11-22(13-14-23)20(24)18-5-2-3-6-19(18)27-15-16-7-9-17(21)10-8-16/h2-3,5-10H,4,11-15H2,1H3. The van der Waals surface area contributed by atoms with Gasteiger partial charge in [0.05, 0.1) is 11.8 Å². The van der Waals surface area contributed by atoms with Crippen LogP contribution >= 0.6 is 11.6 Å². The zero-order valence-corrected chi connectivity index (χ0v) is 17.2. The highest BCUT2D eigenvalue weighted by Crippen LogP contribution is 2.22. The van der Waals surface area contributed by atoms with Crippen LogP contribution in [-0.4, -0.2) is 56.0 Å². The number of nitrogens with zero attached hydrogens (tertiary/aromatic N) is 2. The van der Waals surface area contributed by atoms with E-state index in [1.54, 1.807) is 35.2 Å². The van der Waals surface area contributed by atoms with Crippen LogP contribution in [0.2, 0.25) is 5.02 Å². The lowest BCUT2D eigenvalue weighted by atomic mass is 10.1. The van der Waals surface area contributed by atoms with Crippen molar-refractivity contribution in [2.75, 3.05) is 32.4 Å². The van der Waals surface area contributed by atoms with Crippen molar-refractivity contribution in [1.29, 1.82) is 0 Å². The molecule has 1 saturated heterocycles. The Hall–Kier alpha value is -2.09. The highest BCUT2D eigenvalue weighted by Gasteiger charge is 2.25. The minimum atomic E-state index is -3.25. The maximum Gasteiger partial charge on any atom is 0.257 e. The van der Waals surface area contributed by atoms with Gasteiger partial charge in [0.2, 0.25) is 10.0 Å². The Balaban J connectivity index is 1.71. The van der Waals surface area contributed by atoms with Gasteiger partial charge >= 0.3 is 0 Å². The second-order valence-electron chi connectivity index (χ2n) is 6.72. The van der Waals surface area contributed by atoms with Crippen LogP contribution in [0.3, 0.4) is 0 Å². The molecule has 1 aliphatic rings. The maximum absolute atomic E-state index is 13.0. The molecular formula is C20H23ClN2O4S. The Morgan fingerprint density at radius 3 is 2.46 bits per heavy atom. The largest absolute Gasteiger partial charge is 0.488 e. The minimum absolute atomic E-state index is 0.151. The van der Waals surface area contributed by atoms with Crippen LogP contribution in [0.4, 0.5) is 0 Å². The van der Waals surface area contributed by atoms with E-state index in [-0.39, 0.29) is 5.91 Å². The Labute approximate surface area is 170 Å². The van der Waals surface area contributed by atoms with Crippen LogP contribution < -0.4 is 4.74 Å². The number of carbonyl (C=O) groups is 1. The van der Waals surface area contributed by atoms with Crippen molar-refractivity contribution in [3.8, 4) is 5.75 Å². The van der Waals surface area contributed by atoms with E-state index < -0.39 is 10.0 Å². The van der Waals surface area contributed by atoms with Crippen molar-refractivity contribution in [3.63, 3.8) is 0 Å². The number of halogens is 1. The van der Waals surface area contributed by atoms with Crippen LogP contribution in [-0.2, 0) is 16.6 Å². The summed E-state index contributed by atoms with van der Waals surface area (Å²) in [5, 5.41) is 0.656. The molecule has 2 aromatic rings. The second-order valence-corrected chi connectivity index (χ2v) is 9.14. The van der Waals surface area contributed by atoms with Crippen molar-refractivity contribution in [1.82, 2.24) is 9.21 Å². The van der Waals surface area contributed by atoms with E-state index in [0.29, 0.717) is 55.5 Å². The first-order valence-electron chi connectivity index (χ1n) is 9.05. The Morgan fingerprint density at radius 2 is 1.75 bits per heavy atom. The molecule has 0 aliphatic carbocycles. The molecule has 0 aromatic heterocycles. The van der Waals surface area contributed by atoms with Gasteiger partial charge in [-0.15, -0.1) is 0 Å². The van der Waals surface area contributed by atoms with E-state index >= 15 is 0 Å². The summed E-state index contributed by atoms with van der Waals surface area (Å²) in [6, 6.07) is 14.5. The number of amides is 1. The molecule has 1 amide bonds. The van der Waals surface area contributed by atoms with Crippen LogP contribution in [0.15, 0.2) is 48.5 Å². The molecular weight excluding hydrogens is 400 g/mol. The van der Waals surface area contributed by atoms with E-state index in [4.69, 9.17) is 16.3 Å². The predicted molar refractivity (Wildman–Crippen MR) is 109 cm³/mol. The summed E-state index contributed by atoms with van der Waals surface area (Å²) in [6.07, 6.45) is 1.80. The van der Waals surface area contributed by atoms with Crippen molar-refractivity contribution >= 4 is 27.5 Å². The SMILES string of the molecule is CS(=O)(=O)N1CCCN(C(=O)c2ccccc2OCc2ccc(Cl)cc2)CC1. The molecule has 0 bridgehead atoms. The minimum Gasteiger partial charge on any atom is -0.488 e. The molecule has 1 aliphatic heterocycles. The quantitative estimate of drug-likeness (QED) is 0.742. The Kier molecular flexibility index (Phi) is 6.59. The summed E-state index contributed by atoms with van der Waals surface area (Å²) in [4.78, 5) is 14.7. The number of para-hydroxylation sites is 1. The molecule has 0 saturated carbocycles. The van der Waals surface area contributed by atoms with E-state index in [0.717, 1.165) is 5.56 Å². The lowest BCUT2D eigenvalue weighted by molar-refractivity contribution is 0.0759. The molecule has 8 heteroatoms. The van der Waals surface area contributed by atoms with Crippen LogP contribution in [0, 0.1) is 0 Å². The van der Waals surface area contributed by atoms with Crippen LogP contribution in [0.5, 0.6) is 5.75 Å². The van der Waals surface area contributed by atoms with Gasteiger partial charge in [-0.3, -0.25) is 4.79 Å². The highest BCUT2D eigenvalue weighted by atomic mass is 35.5. The van der Waals surface area contributed by atoms with Crippen LogP contribution in [0.1, 0.15) is 22.3 Å². The molecule has 0 spiro atoms. The third-order valence-corrected chi connectivity index (χ3v) is 6.19. The van der Waals surface area contributed by atoms with Crippen LogP contribution in [0.25, 0.3) is 0 Å². The summed E-state index contributed by atoms with van der Waals surface area (Å²) in [5.74, 6) is 0.355. The first kappa shape index (κ1) is 20.6. The molecule has 0 unspecified atom stereocenters. The van der Waals surface area contributed by atoms with Crippen molar-refractivity contribution in [2.24, 2.45) is 0 Å². The van der Waals surface area contributed by atoms with Gasteiger partial charge in [-0.25, -0.2) is 12.7 Å². The molecule has 0 radical (unpaired) electrons. The molecule has 150 valence electrons. The predicted octanol–water partition coefficient (Wildman–Crippen LogP) is 3.03. The van der Waals surface area contributed by atoms with Gasteiger partial charge < -0.3 is 9.64 Å². The van der Waals surface area contributed by atoms with E-state index in [2.05, 4.69) is 0 Å². The first-order chi connectivity index (χ1) is 13.3. The molecule has 0 N–H and O–H groups in total. The number of benzene rings is 2. The van der Waals surface area contributed by atoms with Gasteiger partial charge in [0.15, 0.2) is 0 Å². The van der Waals surface area contributed by atoms with Gasteiger partial charge in [-0.2, -0.15) is 0 Å². The van der Waals surface area contributed by atoms with Gasteiger partial charge in [0.1, 0.15) is 12.4 Å². The van der Waals surface area contributed by atoms with Gasteiger partial charge in [-0.05, 0) is 36.2 Å². The zero-order valence-electron chi connectivity index (χ0n) is 15.7. The second kappa shape index (κ2) is 8.94. The van der Waals surface area contributed by atoms with Crippen molar-refractivity contribution < 1.29 is 17.9 Å². The number of sulfonamides is 1. The Bertz CT molecular complexity index is 931. The monoisotopic (exact) mass is 422 g/mol. The molecule has 2 aromatic carbocycles. The van der Waals surface area contributed by atoms with Crippen molar-refractivity contribution in [3.05, 3.63) is 64.7 Å². The summed E-state index contributed by atoms with van der Waals surface area (Å²) in [6.45, 7) is 1.92. The van der Waals surface area contributed by atoms with Gasteiger partial charge in [0.25, 0.3) is 5.91 Å². The molecule has 1 heterocycles. The average molecular weight is 423 g/mol. The lowest BCUT2D eigenvalue weighted by Gasteiger charge is -2.22. The molecule has 3 rings (SSSR count). The zero-order chi connectivity index (χ0) is 20.1. The maximum atomic E-state index is 13.0. The van der Waals surface area contributed by atoms with E-state index in [1.165, 1.54) is 10.6 Å². The molecule has 28 heavy (non-hydrogen) atoms. The fourth-order valence-corrected chi connectivity index (χ4v) is 4.11. The average Bonchev–Trinajstić information content (AvgIpc) is 2.93. The summed E-state index contributed by atoms with van der Waals surface area (Å²) in [7, 11) is -3.25. The number of rotatable bonds is 5. The molecule has 0 atom stereocenters. The van der Waals surface area contributed by atoms with Crippen molar-refractivity contribution in [2.45, 2.75) is 13.0 Å². The van der Waals surface area contributed by atoms with Gasteiger partial charge in [-0.1, -0.05) is 35.9 Å². The van der Waals surface area contributed by atoms with E-state index in [9.17, 15) is 13.2 Å². The topological polar surface area (TPSA) is 66.9 Å². The normalized spacial score (nSPS) is 15.9. The summed E-state index contributed by atoms with van der Waals surface area (Å²) < 4.78 is 30.9. The lowest BCUT2D eigenvalue weighted by Crippen LogP contribution is -2.37. The summed E-state index contributed by atoms with van der Waals surface area (Å²) >= 11 is 5.90. The smallest absolute Gasteiger partial charge is 0.257 e. The third kappa shape index (κ3) is 5.25. The third-order valence-electron chi connectivity index (χ3n) is 4.64. The molecule has 1 fully saturated rings. The Morgan fingerprint density at radius 1 is 1.04 bits per heavy atom. The van der Waals surface area contributed by atoms with Gasteiger partial charge in [0, 0.05) is 31.2 Å².